The highest BCUT2D eigenvalue weighted by Crippen LogP contribution is 2.25. The first-order chi connectivity index (χ1) is 6.83. The molecule has 1 nitrogen and oxygen atoms in total. The first-order valence-corrected chi connectivity index (χ1v) is 4.71. The van der Waals surface area contributed by atoms with E-state index < -0.39 is 11.6 Å². The van der Waals surface area contributed by atoms with E-state index in [4.69, 9.17) is 5.26 Å². The molecule has 0 fully saturated rings. The van der Waals surface area contributed by atoms with E-state index in [1.54, 1.807) is 6.07 Å². The van der Waals surface area contributed by atoms with Crippen LogP contribution in [0.1, 0.15) is 31.9 Å². The monoisotopic (exact) mass is 209 g/mol. The van der Waals surface area contributed by atoms with Gasteiger partial charge in [-0.3, -0.25) is 0 Å². The minimum atomic E-state index is -0.638. The number of rotatable bonds is 1. The van der Waals surface area contributed by atoms with Gasteiger partial charge < -0.3 is 0 Å². The third-order valence-corrected chi connectivity index (χ3v) is 1.98. The van der Waals surface area contributed by atoms with Crippen molar-refractivity contribution in [1.82, 2.24) is 0 Å². The average Bonchev–Trinajstić information content (AvgIpc) is 2.09. The van der Waals surface area contributed by atoms with Gasteiger partial charge >= 0.3 is 0 Å². The third kappa shape index (κ3) is 3.02. The maximum Gasteiger partial charge on any atom is 0.130 e. The van der Waals surface area contributed by atoms with Crippen LogP contribution < -0.4 is 0 Å². The summed E-state index contributed by atoms with van der Waals surface area (Å²) in [5.41, 5.74) is -0.111. The minimum Gasteiger partial charge on any atom is -0.207 e. The molecule has 0 unspecified atom stereocenters. The van der Waals surface area contributed by atoms with Gasteiger partial charge in [-0.2, -0.15) is 5.26 Å². The van der Waals surface area contributed by atoms with Gasteiger partial charge in [0, 0.05) is 5.56 Å². The van der Waals surface area contributed by atoms with Crippen molar-refractivity contribution >= 4 is 0 Å². The smallest absolute Gasteiger partial charge is 0.130 e. The summed E-state index contributed by atoms with van der Waals surface area (Å²) in [6.45, 7) is 5.72. The van der Waals surface area contributed by atoms with Crippen molar-refractivity contribution in [2.24, 2.45) is 5.41 Å². The van der Waals surface area contributed by atoms with Gasteiger partial charge in [-0.1, -0.05) is 20.8 Å². The predicted molar refractivity (Wildman–Crippen MR) is 54.2 cm³/mol. The van der Waals surface area contributed by atoms with Gasteiger partial charge in [0.05, 0.1) is 11.6 Å². The zero-order chi connectivity index (χ0) is 11.6. The molecule has 0 aromatic heterocycles. The molecule has 1 aromatic carbocycles. The van der Waals surface area contributed by atoms with Crippen LogP contribution in [0, 0.1) is 28.4 Å². The van der Waals surface area contributed by atoms with Crippen LogP contribution in [0.2, 0.25) is 0 Å². The summed E-state index contributed by atoms with van der Waals surface area (Å²) in [6, 6.07) is 3.87. The van der Waals surface area contributed by atoms with Crippen LogP contribution in [-0.2, 0) is 6.42 Å². The molecular formula is C12H13F2N. The summed E-state index contributed by atoms with van der Waals surface area (Å²) in [7, 11) is 0. The van der Waals surface area contributed by atoms with Gasteiger partial charge in [0.2, 0.25) is 0 Å². The van der Waals surface area contributed by atoms with Crippen LogP contribution in [0.5, 0.6) is 0 Å². The lowest BCUT2D eigenvalue weighted by molar-refractivity contribution is 0.391. The molecule has 0 heterocycles. The van der Waals surface area contributed by atoms with Crippen LogP contribution in [-0.4, -0.2) is 0 Å². The van der Waals surface area contributed by atoms with Crippen molar-refractivity contribution in [3.63, 3.8) is 0 Å². The van der Waals surface area contributed by atoms with Crippen molar-refractivity contribution in [1.29, 1.82) is 5.26 Å². The van der Waals surface area contributed by atoms with E-state index in [0.29, 0.717) is 6.42 Å². The minimum absolute atomic E-state index is 0.0164. The molecule has 0 amide bonds. The van der Waals surface area contributed by atoms with E-state index in [0.717, 1.165) is 12.1 Å². The molecule has 15 heavy (non-hydrogen) atoms. The zero-order valence-corrected chi connectivity index (χ0v) is 9.06. The standard InChI is InChI=1S/C12H13F2N/c1-12(2,3)6-9-10(13)4-8(7-15)5-11(9)14/h4-5H,6H2,1-3H3. The van der Waals surface area contributed by atoms with Gasteiger partial charge in [-0.05, 0) is 24.0 Å². The zero-order valence-electron chi connectivity index (χ0n) is 9.06. The fraction of sp³-hybridized carbons (Fsp3) is 0.417. The molecule has 80 valence electrons. The second kappa shape index (κ2) is 3.98. The molecule has 0 N–H and O–H groups in total. The molecule has 0 saturated carbocycles. The fourth-order valence-corrected chi connectivity index (χ4v) is 1.37. The molecule has 0 atom stereocenters. The van der Waals surface area contributed by atoms with E-state index in [2.05, 4.69) is 0 Å². The van der Waals surface area contributed by atoms with Gasteiger partial charge in [-0.15, -0.1) is 0 Å². The summed E-state index contributed by atoms with van der Waals surface area (Å²) in [4.78, 5) is 0. The molecule has 0 radical (unpaired) electrons. The highest BCUT2D eigenvalue weighted by molar-refractivity contribution is 5.34. The maximum absolute atomic E-state index is 13.4. The number of nitrogens with zero attached hydrogens (tertiary/aromatic N) is 1. The third-order valence-electron chi connectivity index (χ3n) is 1.98. The largest absolute Gasteiger partial charge is 0.207 e. The molecular weight excluding hydrogens is 196 g/mol. The van der Waals surface area contributed by atoms with Crippen molar-refractivity contribution in [2.45, 2.75) is 27.2 Å². The molecule has 0 spiro atoms. The Morgan fingerprint density at radius 1 is 1.20 bits per heavy atom. The number of halogens is 2. The maximum atomic E-state index is 13.4. The van der Waals surface area contributed by atoms with E-state index in [-0.39, 0.29) is 16.5 Å². The normalized spacial score (nSPS) is 11.2. The summed E-state index contributed by atoms with van der Waals surface area (Å²) in [5, 5.41) is 8.53. The van der Waals surface area contributed by atoms with Gasteiger partial charge in [0.15, 0.2) is 0 Å². The van der Waals surface area contributed by atoms with Crippen LogP contribution >= 0.6 is 0 Å². The van der Waals surface area contributed by atoms with Gasteiger partial charge in [0.25, 0.3) is 0 Å². The number of benzene rings is 1. The molecule has 1 rings (SSSR count). The van der Waals surface area contributed by atoms with Crippen LogP contribution in [0.15, 0.2) is 12.1 Å². The number of hydrogen-bond acceptors (Lipinski definition) is 1. The Kier molecular flexibility index (Phi) is 3.09. The first kappa shape index (κ1) is 11.6. The molecule has 0 bridgehead atoms. The fourth-order valence-electron chi connectivity index (χ4n) is 1.37. The van der Waals surface area contributed by atoms with E-state index in [9.17, 15) is 8.78 Å². The summed E-state index contributed by atoms with van der Waals surface area (Å²) < 4.78 is 26.9. The Bertz CT molecular complexity index is 388. The highest BCUT2D eigenvalue weighted by Gasteiger charge is 2.18. The Labute approximate surface area is 88.3 Å². The lowest BCUT2D eigenvalue weighted by Gasteiger charge is -2.18. The van der Waals surface area contributed by atoms with E-state index in [1.165, 1.54) is 0 Å². The quantitative estimate of drug-likeness (QED) is 0.695. The van der Waals surface area contributed by atoms with Gasteiger partial charge in [-0.25, -0.2) is 8.78 Å². The number of nitriles is 1. The lowest BCUT2D eigenvalue weighted by Crippen LogP contribution is -2.12. The molecule has 3 heteroatoms. The Balaban J connectivity index is 3.16. The summed E-state index contributed by atoms with van der Waals surface area (Å²) in [5.74, 6) is -1.28. The van der Waals surface area contributed by atoms with Crippen molar-refractivity contribution in [3.05, 3.63) is 34.9 Å². The van der Waals surface area contributed by atoms with Crippen molar-refractivity contribution < 1.29 is 8.78 Å². The second-order valence-electron chi connectivity index (χ2n) is 4.77. The van der Waals surface area contributed by atoms with Gasteiger partial charge in [0.1, 0.15) is 11.6 Å². The summed E-state index contributed by atoms with van der Waals surface area (Å²) >= 11 is 0. The number of hydrogen-bond donors (Lipinski definition) is 0. The molecule has 1 aromatic rings. The van der Waals surface area contributed by atoms with E-state index >= 15 is 0 Å². The van der Waals surface area contributed by atoms with E-state index in [1.807, 2.05) is 20.8 Å². The molecule has 0 aliphatic carbocycles. The Morgan fingerprint density at radius 2 is 1.67 bits per heavy atom. The lowest BCUT2D eigenvalue weighted by atomic mass is 9.87. The van der Waals surface area contributed by atoms with Crippen molar-refractivity contribution in [2.75, 3.05) is 0 Å². The molecule has 0 saturated heterocycles. The molecule has 0 aliphatic heterocycles. The SMILES string of the molecule is CC(C)(C)Cc1c(F)cc(C#N)cc1F. The topological polar surface area (TPSA) is 23.8 Å². The average molecular weight is 209 g/mol. The summed E-state index contributed by atoms with van der Waals surface area (Å²) in [6.07, 6.45) is 0.316. The van der Waals surface area contributed by atoms with Crippen LogP contribution in [0.25, 0.3) is 0 Å². The second-order valence-corrected chi connectivity index (χ2v) is 4.77. The van der Waals surface area contributed by atoms with Crippen LogP contribution in [0.4, 0.5) is 8.78 Å². The Hall–Kier alpha value is -1.43. The Morgan fingerprint density at radius 3 is 2.00 bits per heavy atom. The molecule has 0 aliphatic rings. The highest BCUT2D eigenvalue weighted by atomic mass is 19.1. The first-order valence-electron chi connectivity index (χ1n) is 4.71. The predicted octanol–water partition coefficient (Wildman–Crippen LogP) is 3.43. The van der Waals surface area contributed by atoms with Crippen molar-refractivity contribution in [3.8, 4) is 6.07 Å². The van der Waals surface area contributed by atoms with Crippen LogP contribution in [0.3, 0.4) is 0 Å².